The largest absolute Gasteiger partial charge is 0.251 e. The molecule has 64 valence electrons. The maximum absolute atomic E-state index is 4.39. The molecule has 0 saturated heterocycles. The van der Waals surface area contributed by atoms with Gasteiger partial charge in [0.25, 0.3) is 0 Å². The average molecular weight is 180 g/mol. The number of aromatic nitrogens is 2. The van der Waals surface area contributed by atoms with Crippen LogP contribution in [-0.2, 0) is 0 Å². The van der Waals surface area contributed by atoms with Crippen molar-refractivity contribution in [1.29, 1.82) is 0 Å². The summed E-state index contributed by atoms with van der Waals surface area (Å²) in [5, 5.41) is 2.17. The summed E-state index contributed by atoms with van der Waals surface area (Å²) in [5.41, 5.74) is 2.57. The van der Waals surface area contributed by atoms with E-state index in [9.17, 15) is 0 Å². The maximum Gasteiger partial charge on any atom is 0.125 e. The van der Waals surface area contributed by atoms with Gasteiger partial charge in [0.1, 0.15) is 5.82 Å². The van der Waals surface area contributed by atoms with E-state index < -0.39 is 0 Å². The lowest BCUT2D eigenvalue weighted by Crippen LogP contribution is -1.92. The summed E-state index contributed by atoms with van der Waals surface area (Å²) in [6, 6.07) is 0. The number of rotatable bonds is 1. The molecule has 12 heavy (non-hydrogen) atoms. The van der Waals surface area contributed by atoms with Crippen LogP contribution in [0, 0.1) is 6.92 Å². The second kappa shape index (κ2) is 2.59. The summed E-state index contributed by atoms with van der Waals surface area (Å²) < 4.78 is 2.21. The van der Waals surface area contributed by atoms with Crippen molar-refractivity contribution in [3.8, 4) is 0 Å². The number of aryl methyl sites for hydroxylation is 1. The molecule has 2 aromatic heterocycles. The molecule has 2 aromatic rings. The van der Waals surface area contributed by atoms with Crippen LogP contribution in [0.15, 0.2) is 11.6 Å². The van der Waals surface area contributed by atoms with Gasteiger partial charge in [0.15, 0.2) is 0 Å². The maximum atomic E-state index is 4.39. The molecule has 0 aliphatic heterocycles. The van der Waals surface area contributed by atoms with Crippen LogP contribution in [0.1, 0.15) is 31.2 Å². The van der Waals surface area contributed by atoms with Crippen molar-refractivity contribution >= 4 is 17.0 Å². The summed E-state index contributed by atoms with van der Waals surface area (Å²) >= 11 is 1.73. The molecule has 0 unspecified atom stereocenters. The van der Waals surface area contributed by atoms with Gasteiger partial charge in [-0.2, -0.15) is 0 Å². The molecule has 0 aliphatic rings. The SMILES string of the molecule is Cc1csn2c(C(C)C)ncc12. The average Bonchev–Trinajstić information content (AvgIpc) is 2.53. The highest BCUT2D eigenvalue weighted by atomic mass is 32.1. The number of hydrogen-bond acceptors (Lipinski definition) is 2. The number of imidazole rings is 1. The van der Waals surface area contributed by atoms with E-state index in [2.05, 4.69) is 34.9 Å². The van der Waals surface area contributed by atoms with Crippen LogP contribution in [0.25, 0.3) is 5.52 Å². The Kier molecular flexibility index (Phi) is 1.68. The van der Waals surface area contributed by atoms with Crippen LogP contribution < -0.4 is 0 Å². The molecular formula is C9H12N2S. The van der Waals surface area contributed by atoms with Gasteiger partial charge in [-0.25, -0.2) is 4.98 Å². The Labute approximate surface area is 76.0 Å². The normalized spacial score (nSPS) is 11.7. The predicted molar refractivity (Wildman–Crippen MR) is 51.9 cm³/mol. The minimum absolute atomic E-state index is 0.505. The lowest BCUT2D eigenvalue weighted by Gasteiger charge is -1.99. The van der Waals surface area contributed by atoms with Gasteiger partial charge in [-0.05, 0) is 12.5 Å². The molecule has 0 spiro atoms. The van der Waals surface area contributed by atoms with Crippen LogP contribution in [0.5, 0.6) is 0 Å². The van der Waals surface area contributed by atoms with E-state index in [1.54, 1.807) is 11.5 Å². The molecule has 0 aromatic carbocycles. The van der Waals surface area contributed by atoms with E-state index in [-0.39, 0.29) is 0 Å². The molecule has 3 heteroatoms. The van der Waals surface area contributed by atoms with Gasteiger partial charge in [-0.3, -0.25) is 3.79 Å². The summed E-state index contributed by atoms with van der Waals surface area (Å²) in [6.45, 7) is 6.46. The lowest BCUT2D eigenvalue weighted by molar-refractivity contribution is 0.788. The third kappa shape index (κ3) is 0.966. The van der Waals surface area contributed by atoms with Crippen molar-refractivity contribution in [3.63, 3.8) is 0 Å². The van der Waals surface area contributed by atoms with Crippen molar-refractivity contribution in [3.05, 3.63) is 23.0 Å². The van der Waals surface area contributed by atoms with E-state index >= 15 is 0 Å². The first kappa shape index (κ1) is 7.80. The Hall–Kier alpha value is -0.830. The first-order valence-corrected chi connectivity index (χ1v) is 4.95. The molecule has 0 fully saturated rings. The number of fused-ring (bicyclic) bond motifs is 1. The van der Waals surface area contributed by atoms with Gasteiger partial charge in [0, 0.05) is 11.3 Å². The summed E-state index contributed by atoms with van der Waals surface area (Å²) in [7, 11) is 0. The van der Waals surface area contributed by atoms with Gasteiger partial charge in [0.05, 0.1) is 11.7 Å². The van der Waals surface area contributed by atoms with E-state index in [4.69, 9.17) is 0 Å². The predicted octanol–water partition coefficient (Wildman–Crippen LogP) is 2.83. The molecule has 2 nitrogen and oxygen atoms in total. The first-order chi connectivity index (χ1) is 5.70. The molecule has 2 rings (SSSR count). The van der Waals surface area contributed by atoms with Gasteiger partial charge in [-0.15, -0.1) is 0 Å². The summed E-state index contributed by atoms with van der Waals surface area (Å²) in [5.74, 6) is 1.67. The molecule has 0 radical (unpaired) electrons. The van der Waals surface area contributed by atoms with Crippen molar-refractivity contribution in [1.82, 2.24) is 8.77 Å². The molecule has 0 bridgehead atoms. The van der Waals surface area contributed by atoms with Gasteiger partial charge in [-0.1, -0.05) is 25.4 Å². The van der Waals surface area contributed by atoms with Crippen LogP contribution in [0.3, 0.4) is 0 Å². The standard InChI is InChI=1S/C9H12N2S/c1-6(2)9-10-4-8-7(3)5-12-11(8)9/h4-6H,1-3H3. The molecular weight excluding hydrogens is 168 g/mol. The first-order valence-electron chi connectivity index (χ1n) is 4.12. The topological polar surface area (TPSA) is 17.3 Å². The third-order valence-corrected chi connectivity index (χ3v) is 3.05. The molecule has 0 N–H and O–H groups in total. The van der Waals surface area contributed by atoms with E-state index in [0.29, 0.717) is 5.92 Å². The fourth-order valence-electron chi connectivity index (χ4n) is 1.30. The highest BCUT2D eigenvalue weighted by Gasteiger charge is 2.09. The highest BCUT2D eigenvalue weighted by Crippen LogP contribution is 2.21. The van der Waals surface area contributed by atoms with E-state index in [1.807, 2.05) is 6.20 Å². The Morgan fingerprint density at radius 3 is 2.92 bits per heavy atom. The minimum Gasteiger partial charge on any atom is -0.251 e. The van der Waals surface area contributed by atoms with Crippen LogP contribution >= 0.6 is 11.5 Å². The number of hydrogen-bond donors (Lipinski definition) is 0. The molecule has 2 heterocycles. The smallest absolute Gasteiger partial charge is 0.125 e. The minimum atomic E-state index is 0.505. The van der Waals surface area contributed by atoms with Gasteiger partial charge in [0.2, 0.25) is 0 Å². The number of nitrogens with zero attached hydrogens (tertiary/aromatic N) is 2. The fraction of sp³-hybridized carbons (Fsp3) is 0.444. The van der Waals surface area contributed by atoms with Crippen LogP contribution in [0.4, 0.5) is 0 Å². The Morgan fingerprint density at radius 2 is 2.25 bits per heavy atom. The summed E-state index contributed by atoms with van der Waals surface area (Å²) in [4.78, 5) is 4.39. The van der Waals surface area contributed by atoms with Crippen molar-refractivity contribution in [2.45, 2.75) is 26.7 Å². The van der Waals surface area contributed by atoms with Crippen molar-refractivity contribution in [2.24, 2.45) is 0 Å². The fourth-order valence-corrected chi connectivity index (χ4v) is 2.36. The van der Waals surface area contributed by atoms with Gasteiger partial charge < -0.3 is 0 Å². The zero-order valence-corrected chi connectivity index (χ0v) is 8.35. The third-order valence-electron chi connectivity index (χ3n) is 2.00. The molecule has 0 atom stereocenters. The van der Waals surface area contributed by atoms with Gasteiger partial charge >= 0.3 is 0 Å². The monoisotopic (exact) mass is 180 g/mol. The van der Waals surface area contributed by atoms with Crippen molar-refractivity contribution in [2.75, 3.05) is 0 Å². The Bertz CT molecular complexity index is 397. The quantitative estimate of drug-likeness (QED) is 0.659. The Balaban J connectivity index is 2.71. The molecule has 0 aliphatic carbocycles. The molecule has 0 amide bonds. The lowest BCUT2D eigenvalue weighted by atomic mass is 10.2. The zero-order valence-electron chi connectivity index (χ0n) is 7.53. The van der Waals surface area contributed by atoms with Crippen LogP contribution in [0.2, 0.25) is 0 Å². The van der Waals surface area contributed by atoms with Crippen LogP contribution in [-0.4, -0.2) is 8.77 Å². The highest BCUT2D eigenvalue weighted by molar-refractivity contribution is 7.04. The zero-order chi connectivity index (χ0) is 8.72. The van der Waals surface area contributed by atoms with E-state index in [1.165, 1.54) is 16.9 Å². The van der Waals surface area contributed by atoms with E-state index in [0.717, 1.165) is 0 Å². The Morgan fingerprint density at radius 1 is 1.50 bits per heavy atom. The summed E-state index contributed by atoms with van der Waals surface area (Å²) in [6.07, 6.45) is 1.96. The van der Waals surface area contributed by atoms with Crippen molar-refractivity contribution < 1.29 is 0 Å². The second-order valence-electron chi connectivity index (χ2n) is 3.36. The second-order valence-corrected chi connectivity index (χ2v) is 4.17. The molecule has 0 saturated carbocycles.